The summed E-state index contributed by atoms with van der Waals surface area (Å²) in [5.74, 6) is 0.588. The molecule has 3 atom stereocenters. The Kier molecular flexibility index (Phi) is 2.86. The summed E-state index contributed by atoms with van der Waals surface area (Å²) in [7, 11) is 0. The Balaban J connectivity index is 1.70. The summed E-state index contributed by atoms with van der Waals surface area (Å²) in [5.41, 5.74) is 0. The molecule has 0 radical (unpaired) electrons. The summed E-state index contributed by atoms with van der Waals surface area (Å²) < 4.78 is 5.74. The molecule has 1 N–H and O–H groups in total. The fourth-order valence-corrected chi connectivity index (χ4v) is 3.30. The fourth-order valence-electron chi connectivity index (χ4n) is 3.30. The van der Waals surface area contributed by atoms with Gasteiger partial charge in [0.15, 0.2) is 0 Å². The molecule has 90 valence electrons. The van der Waals surface area contributed by atoms with Crippen LogP contribution in [0.4, 0.5) is 0 Å². The van der Waals surface area contributed by atoms with E-state index in [0.717, 1.165) is 45.5 Å². The lowest BCUT2D eigenvalue weighted by Gasteiger charge is -2.38. The zero-order chi connectivity index (χ0) is 11.0. The van der Waals surface area contributed by atoms with Crippen LogP contribution in [0.3, 0.4) is 0 Å². The van der Waals surface area contributed by atoms with Crippen LogP contribution in [0.2, 0.25) is 0 Å². The van der Waals surface area contributed by atoms with Gasteiger partial charge in [0.25, 0.3) is 0 Å². The molecule has 4 nitrogen and oxygen atoms in total. The first-order valence-corrected chi connectivity index (χ1v) is 6.49. The lowest BCUT2D eigenvalue weighted by atomic mass is 10.0. The number of carbonyl (C=O) groups is 1. The SMILES string of the molecule is O=C(C1CCNC1)N1CCOC2CCCC21. The molecule has 2 heterocycles. The zero-order valence-electron chi connectivity index (χ0n) is 9.65. The van der Waals surface area contributed by atoms with Crippen molar-refractivity contribution in [1.29, 1.82) is 0 Å². The maximum Gasteiger partial charge on any atom is 0.227 e. The van der Waals surface area contributed by atoms with Crippen molar-refractivity contribution < 1.29 is 9.53 Å². The second kappa shape index (κ2) is 4.34. The van der Waals surface area contributed by atoms with E-state index in [2.05, 4.69) is 10.2 Å². The van der Waals surface area contributed by atoms with Gasteiger partial charge < -0.3 is 15.0 Å². The van der Waals surface area contributed by atoms with Crippen LogP contribution in [0.25, 0.3) is 0 Å². The van der Waals surface area contributed by atoms with Crippen molar-refractivity contribution in [2.45, 2.75) is 37.8 Å². The molecule has 0 aromatic heterocycles. The average Bonchev–Trinajstić information content (AvgIpc) is 2.98. The highest BCUT2D eigenvalue weighted by atomic mass is 16.5. The molecule has 1 amide bonds. The standard InChI is InChI=1S/C12H20N2O2/c15-12(9-4-5-13-8-9)14-6-7-16-11-3-1-2-10(11)14/h9-11,13H,1-8H2. The number of nitrogens with one attached hydrogen (secondary N) is 1. The smallest absolute Gasteiger partial charge is 0.227 e. The van der Waals surface area contributed by atoms with Gasteiger partial charge in [0, 0.05) is 13.1 Å². The second-order valence-corrected chi connectivity index (χ2v) is 5.13. The maximum absolute atomic E-state index is 12.4. The lowest BCUT2D eigenvalue weighted by Crippen LogP contribution is -2.53. The Morgan fingerprint density at radius 3 is 3.06 bits per heavy atom. The molecule has 16 heavy (non-hydrogen) atoms. The molecule has 2 saturated heterocycles. The number of hydrogen-bond acceptors (Lipinski definition) is 3. The largest absolute Gasteiger partial charge is 0.374 e. The average molecular weight is 224 g/mol. The molecule has 1 aliphatic carbocycles. The fraction of sp³-hybridized carbons (Fsp3) is 0.917. The number of morpholine rings is 1. The summed E-state index contributed by atoms with van der Waals surface area (Å²) >= 11 is 0. The monoisotopic (exact) mass is 224 g/mol. The number of nitrogens with zero attached hydrogens (tertiary/aromatic N) is 1. The number of hydrogen-bond donors (Lipinski definition) is 1. The Morgan fingerprint density at radius 2 is 2.25 bits per heavy atom. The van der Waals surface area contributed by atoms with E-state index in [1.165, 1.54) is 6.42 Å². The van der Waals surface area contributed by atoms with E-state index in [-0.39, 0.29) is 5.92 Å². The number of ether oxygens (including phenoxy) is 1. The van der Waals surface area contributed by atoms with Crippen LogP contribution < -0.4 is 5.32 Å². The molecule has 1 saturated carbocycles. The van der Waals surface area contributed by atoms with Gasteiger partial charge in [-0.25, -0.2) is 0 Å². The van der Waals surface area contributed by atoms with Crippen molar-refractivity contribution in [1.82, 2.24) is 10.2 Å². The number of carbonyl (C=O) groups excluding carboxylic acids is 1. The van der Waals surface area contributed by atoms with Crippen LogP contribution in [0, 0.1) is 5.92 Å². The van der Waals surface area contributed by atoms with Gasteiger partial charge in [0.05, 0.1) is 24.7 Å². The first-order chi connectivity index (χ1) is 7.86. The number of amides is 1. The Hall–Kier alpha value is -0.610. The summed E-state index contributed by atoms with van der Waals surface area (Å²) in [6, 6.07) is 0.377. The second-order valence-electron chi connectivity index (χ2n) is 5.13. The minimum absolute atomic E-state index is 0.222. The lowest BCUT2D eigenvalue weighted by molar-refractivity contribution is -0.147. The van der Waals surface area contributed by atoms with Gasteiger partial charge in [-0.05, 0) is 32.2 Å². The van der Waals surface area contributed by atoms with E-state index < -0.39 is 0 Å². The highest BCUT2D eigenvalue weighted by Crippen LogP contribution is 2.31. The third kappa shape index (κ3) is 1.74. The van der Waals surface area contributed by atoms with E-state index in [1.54, 1.807) is 0 Å². The quantitative estimate of drug-likeness (QED) is 0.700. The first-order valence-electron chi connectivity index (χ1n) is 6.49. The van der Waals surface area contributed by atoms with Gasteiger partial charge in [-0.15, -0.1) is 0 Å². The number of rotatable bonds is 1. The molecule has 0 aromatic rings. The predicted molar refractivity (Wildman–Crippen MR) is 60.1 cm³/mol. The van der Waals surface area contributed by atoms with Crippen molar-refractivity contribution in [3.63, 3.8) is 0 Å². The third-order valence-corrected chi connectivity index (χ3v) is 4.17. The van der Waals surface area contributed by atoms with E-state index in [9.17, 15) is 4.79 Å². The molecule has 3 unspecified atom stereocenters. The number of fused-ring (bicyclic) bond motifs is 1. The van der Waals surface area contributed by atoms with Crippen LogP contribution in [-0.2, 0) is 9.53 Å². The molecule has 0 spiro atoms. The van der Waals surface area contributed by atoms with Crippen molar-refractivity contribution in [3.05, 3.63) is 0 Å². The molecular formula is C12H20N2O2. The predicted octanol–water partition coefficient (Wildman–Crippen LogP) is 0.376. The minimum atomic E-state index is 0.222. The zero-order valence-corrected chi connectivity index (χ0v) is 9.65. The van der Waals surface area contributed by atoms with Gasteiger partial charge in [-0.2, -0.15) is 0 Å². The van der Waals surface area contributed by atoms with E-state index >= 15 is 0 Å². The van der Waals surface area contributed by atoms with Crippen molar-refractivity contribution in [3.8, 4) is 0 Å². The Bertz CT molecular complexity index is 276. The van der Waals surface area contributed by atoms with E-state index in [0.29, 0.717) is 18.1 Å². The Morgan fingerprint density at radius 1 is 1.31 bits per heavy atom. The first kappa shape index (κ1) is 10.5. The molecule has 2 aliphatic heterocycles. The normalized spacial score (nSPS) is 38.8. The Labute approximate surface area is 96.3 Å². The van der Waals surface area contributed by atoms with Crippen molar-refractivity contribution >= 4 is 5.91 Å². The summed E-state index contributed by atoms with van der Waals surface area (Å²) in [4.78, 5) is 14.5. The van der Waals surface area contributed by atoms with Crippen LogP contribution >= 0.6 is 0 Å². The van der Waals surface area contributed by atoms with Gasteiger partial charge in [-0.1, -0.05) is 0 Å². The summed E-state index contributed by atoms with van der Waals surface area (Å²) in [5, 5.41) is 3.27. The molecular weight excluding hydrogens is 204 g/mol. The van der Waals surface area contributed by atoms with Gasteiger partial charge in [0.2, 0.25) is 5.91 Å². The summed E-state index contributed by atoms with van der Waals surface area (Å²) in [6.45, 7) is 3.39. The molecule has 0 aromatic carbocycles. The third-order valence-electron chi connectivity index (χ3n) is 4.17. The molecule has 3 rings (SSSR count). The van der Waals surface area contributed by atoms with Crippen molar-refractivity contribution in [2.75, 3.05) is 26.2 Å². The molecule has 3 aliphatic rings. The van der Waals surface area contributed by atoms with Crippen LogP contribution in [0.1, 0.15) is 25.7 Å². The van der Waals surface area contributed by atoms with Gasteiger partial charge in [-0.3, -0.25) is 4.79 Å². The highest BCUT2D eigenvalue weighted by molar-refractivity contribution is 5.80. The van der Waals surface area contributed by atoms with Crippen LogP contribution in [-0.4, -0.2) is 49.2 Å². The van der Waals surface area contributed by atoms with Gasteiger partial charge >= 0.3 is 0 Å². The van der Waals surface area contributed by atoms with E-state index in [1.807, 2.05) is 0 Å². The molecule has 3 fully saturated rings. The van der Waals surface area contributed by atoms with Crippen molar-refractivity contribution in [2.24, 2.45) is 5.92 Å². The molecule has 4 heteroatoms. The highest BCUT2D eigenvalue weighted by Gasteiger charge is 2.40. The van der Waals surface area contributed by atoms with Crippen LogP contribution in [0.15, 0.2) is 0 Å². The maximum atomic E-state index is 12.4. The summed E-state index contributed by atoms with van der Waals surface area (Å²) in [6.07, 6.45) is 4.82. The van der Waals surface area contributed by atoms with Gasteiger partial charge in [0.1, 0.15) is 0 Å². The topological polar surface area (TPSA) is 41.6 Å². The minimum Gasteiger partial charge on any atom is -0.374 e. The van der Waals surface area contributed by atoms with Crippen LogP contribution in [0.5, 0.6) is 0 Å². The molecule has 0 bridgehead atoms. The van der Waals surface area contributed by atoms with E-state index in [4.69, 9.17) is 4.74 Å².